The Balaban J connectivity index is 1.78. The van der Waals surface area contributed by atoms with Gasteiger partial charge in [0.1, 0.15) is 0 Å². The molecule has 2 aromatic carbocycles. The molecule has 0 atom stereocenters. The number of nitrogens with zero attached hydrogens (tertiary/aromatic N) is 3. The smallest absolute Gasteiger partial charge is 0.266 e. The van der Waals surface area contributed by atoms with Crippen molar-refractivity contribution in [1.29, 1.82) is 0 Å². The van der Waals surface area contributed by atoms with E-state index in [2.05, 4.69) is 9.88 Å². The third kappa shape index (κ3) is 5.19. The van der Waals surface area contributed by atoms with Gasteiger partial charge >= 0.3 is 0 Å². The van der Waals surface area contributed by atoms with Crippen molar-refractivity contribution in [2.75, 3.05) is 38.7 Å². The first-order valence-corrected chi connectivity index (χ1v) is 10.0. The van der Waals surface area contributed by atoms with Gasteiger partial charge in [-0.2, -0.15) is 0 Å². The first-order valence-electron chi connectivity index (χ1n) is 8.82. The van der Waals surface area contributed by atoms with Crippen LogP contribution in [0.25, 0.3) is 10.2 Å². The van der Waals surface area contributed by atoms with Crippen LogP contribution < -0.4 is 9.64 Å². The number of benzene rings is 2. The third-order valence-electron chi connectivity index (χ3n) is 4.05. The summed E-state index contributed by atoms with van der Waals surface area (Å²) in [5, 5.41) is 1.20. The minimum Gasteiger partial charge on any atom is -0.481 e. The van der Waals surface area contributed by atoms with Crippen molar-refractivity contribution in [1.82, 2.24) is 9.88 Å². The lowest BCUT2D eigenvalue weighted by Crippen LogP contribution is -2.37. The molecule has 0 N–H and O–H groups in total. The molecule has 0 spiro atoms. The SMILES string of the molecule is CN(C)CCCN(C(=O)COc1ccccc1F)c1nc2ccc(Cl)cc2s1. The number of rotatable bonds is 8. The first-order chi connectivity index (χ1) is 13.4. The minimum atomic E-state index is -0.496. The topological polar surface area (TPSA) is 45.7 Å². The second-order valence-corrected chi connectivity index (χ2v) is 7.98. The van der Waals surface area contributed by atoms with Crippen LogP contribution in [0, 0.1) is 5.82 Å². The lowest BCUT2D eigenvalue weighted by Gasteiger charge is -2.21. The summed E-state index contributed by atoms with van der Waals surface area (Å²) in [6.07, 6.45) is 0.773. The summed E-state index contributed by atoms with van der Waals surface area (Å²) in [7, 11) is 3.96. The number of thiazole rings is 1. The molecule has 0 aliphatic rings. The molecule has 0 saturated carbocycles. The molecule has 3 aromatic rings. The number of halogens is 2. The standard InChI is InChI=1S/C20H21ClFN3O2S/c1-24(2)10-5-11-25(19(26)13-27-17-7-4-3-6-15(17)22)20-23-16-9-8-14(21)12-18(16)28-20/h3-4,6-9,12H,5,10-11,13H2,1-2H3. The summed E-state index contributed by atoms with van der Waals surface area (Å²) in [5.74, 6) is -0.712. The highest BCUT2D eigenvalue weighted by molar-refractivity contribution is 7.22. The zero-order valence-corrected chi connectivity index (χ0v) is 17.3. The second-order valence-electron chi connectivity index (χ2n) is 6.53. The van der Waals surface area contributed by atoms with Gasteiger partial charge in [-0.1, -0.05) is 35.1 Å². The molecular weight excluding hydrogens is 401 g/mol. The number of para-hydroxylation sites is 1. The molecule has 0 radical (unpaired) electrons. The predicted molar refractivity (Wildman–Crippen MR) is 112 cm³/mol. The molecule has 1 aromatic heterocycles. The minimum absolute atomic E-state index is 0.0557. The number of fused-ring (bicyclic) bond motifs is 1. The lowest BCUT2D eigenvalue weighted by molar-refractivity contribution is -0.120. The Bertz CT molecular complexity index is 964. The molecule has 0 fully saturated rings. The second kappa shape index (κ2) is 9.32. The van der Waals surface area contributed by atoms with E-state index in [1.54, 1.807) is 23.1 Å². The van der Waals surface area contributed by atoms with Crippen LogP contribution in [-0.4, -0.2) is 49.6 Å². The van der Waals surface area contributed by atoms with Gasteiger partial charge in [0.05, 0.1) is 10.2 Å². The van der Waals surface area contributed by atoms with Gasteiger partial charge in [0.25, 0.3) is 5.91 Å². The van der Waals surface area contributed by atoms with Gasteiger partial charge in [-0.25, -0.2) is 9.37 Å². The van der Waals surface area contributed by atoms with Crippen LogP contribution in [-0.2, 0) is 4.79 Å². The summed E-state index contributed by atoms with van der Waals surface area (Å²) < 4.78 is 20.1. The van der Waals surface area contributed by atoms with Crippen LogP contribution in [0.15, 0.2) is 42.5 Å². The molecule has 8 heteroatoms. The van der Waals surface area contributed by atoms with Crippen LogP contribution >= 0.6 is 22.9 Å². The normalized spacial score (nSPS) is 11.2. The molecule has 1 amide bonds. The highest BCUT2D eigenvalue weighted by atomic mass is 35.5. The fourth-order valence-corrected chi connectivity index (χ4v) is 3.94. The number of ether oxygens (including phenoxy) is 1. The van der Waals surface area contributed by atoms with Crippen LogP contribution in [0.4, 0.5) is 9.52 Å². The maximum Gasteiger partial charge on any atom is 0.266 e. The summed E-state index contributed by atoms with van der Waals surface area (Å²) in [4.78, 5) is 21.1. The molecule has 28 heavy (non-hydrogen) atoms. The van der Waals surface area contributed by atoms with Crippen molar-refractivity contribution in [3.05, 3.63) is 53.3 Å². The molecule has 0 aliphatic carbocycles. The maximum atomic E-state index is 13.8. The fourth-order valence-electron chi connectivity index (χ4n) is 2.65. The number of amides is 1. The monoisotopic (exact) mass is 421 g/mol. The summed E-state index contributed by atoms with van der Waals surface area (Å²) in [5.41, 5.74) is 0.782. The van der Waals surface area contributed by atoms with E-state index in [-0.39, 0.29) is 18.3 Å². The van der Waals surface area contributed by atoms with Gasteiger partial charge in [0.2, 0.25) is 0 Å². The summed E-state index contributed by atoms with van der Waals surface area (Å²) in [6.45, 7) is 1.06. The highest BCUT2D eigenvalue weighted by Gasteiger charge is 2.21. The third-order valence-corrected chi connectivity index (χ3v) is 5.32. The van der Waals surface area contributed by atoms with E-state index in [9.17, 15) is 9.18 Å². The Morgan fingerprint density at radius 1 is 1.21 bits per heavy atom. The van der Waals surface area contributed by atoms with Crippen molar-refractivity contribution in [2.24, 2.45) is 0 Å². The molecule has 3 rings (SSSR count). The predicted octanol–water partition coefficient (Wildman–Crippen LogP) is 4.45. The number of hydrogen-bond donors (Lipinski definition) is 0. The number of hydrogen-bond acceptors (Lipinski definition) is 5. The first kappa shape index (κ1) is 20.5. The van der Waals surface area contributed by atoms with E-state index >= 15 is 0 Å². The average Bonchev–Trinajstić information content (AvgIpc) is 3.06. The van der Waals surface area contributed by atoms with E-state index in [0.717, 1.165) is 23.2 Å². The number of carbonyl (C=O) groups excluding carboxylic acids is 1. The highest BCUT2D eigenvalue weighted by Crippen LogP contribution is 2.31. The van der Waals surface area contributed by atoms with Crippen LogP contribution in [0.5, 0.6) is 5.75 Å². The average molecular weight is 422 g/mol. The van der Waals surface area contributed by atoms with Gasteiger partial charge in [-0.15, -0.1) is 0 Å². The lowest BCUT2D eigenvalue weighted by atomic mass is 10.3. The quantitative estimate of drug-likeness (QED) is 0.539. The van der Waals surface area contributed by atoms with Gasteiger partial charge < -0.3 is 9.64 Å². The van der Waals surface area contributed by atoms with E-state index in [4.69, 9.17) is 16.3 Å². The summed E-state index contributed by atoms with van der Waals surface area (Å²) in [6, 6.07) is 11.5. The van der Waals surface area contributed by atoms with Gasteiger partial charge in [0, 0.05) is 11.6 Å². The Hall–Kier alpha value is -2.22. The van der Waals surface area contributed by atoms with E-state index in [1.165, 1.54) is 23.5 Å². The van der Waals surface area contributed by atoms with Crippen molar-refractivity contribution in [3.8, 4) is 5.75 Å². The van der Waals surface area contributed by atoms with Crippen molar-refractivity contribution >= 4 is 44.2 Å². The van der Waals surface area contributed by atoms with E-state index in [0.29, 0.717) is 16.7 Å². The maximum absolute atomic E-state index is 13.8. The summed E-state index contributed by atoms with van der Waals surface area (Å²) >= 11 is 7.46. The van der Waals surface area contributed by atoms with Crippen LogP contribution in [0.2, 0.25) is 5.02 Å². The van der Waals surface area contributed by atoms with Gasteiger partial charge in [-0.3, -0.25) is 9.69 Å². The molecule has 0 saturated heterocycles. The van der Waals surface area contributed by atoms with E-state index < -0.39 is 5.82 Å². The van der Waals surface area contributed by atoms with Crippen molar-refractivity contribution < 1.29 is 13.9 Å². The molecule has 0 unspecified atom stereocenters. The molecular formula is C20H21ClFN3O2S. The molecule has 0 aliphatic heterocycles. The number of anilines is 1. The zero-order valence-electron chi connectivity index (χ0n) is 15.7. The van der Waals surface area contributed by atoms with E-state index in [1.807, 2.05) is 26.2 Å². The molecule has 0 bridgehead atoms. The van der Waals surface area contributed by atoms with Gasteiger partial charge in [0.15, 0.2) is 23.3 Å². The van der Waals surface area contributed by atoms with Crippen LogP contribution in [0.1, 0.15) is 6.42 Å². The number of aromatic nitrogens is 1. The Kier molecular flexibility index (Phi) is 6.83. The molecule has 5 nitrogen and oxygen atoms in total. The van der Waals surface area contributed by atoms with Gasteiger partial charge in [-0.05, 0) is 57.4 Å². The zero-order chi connectivity index (χ0) is 20.1. The number of carbonyl (C=O) groups is 1. The van der Waals surface area contributed by atoms with Crippen molar-refractivity contribution in [3.63, 3.8) is 0 Å². The van der Waals surface area contributed by atoms with Crippen molar-refractivity contribution in [2.45, 2.75) is 6.42 Å². The fraction of sp³-hybridized carbons (Fsp3) is 0.300. The Morgan fingerprint density at radius 2 is 2.00 bits per heavy atom. The van der Waals surface area contributed by atoms with Crippen LogP contribution in [0.3, 0.4) is 0 Å². The molecule has 148 valence electrons. The Labute approximate surface area is 172 Å². The largest absolute Gasteiger partial charge is 0.481 e. The molecule has 1 heterocycles. The Morgan fingerprint density at radius 3 is 2.75 bits per heavy atom.